The maximum atomic E-state index is 10.4. The average molecular weight is 124 g/mol. The number of nitrogens with two attached hydrogens (primary N) is 1. The summed E-state index contributed by atoms with van der Waals surface area (Å²) in [6.07, 6.45) is 1.30. The fourth-order valence-electron chi connectivity index (χ4n) is 0.939. The van der Waals surface area contributed by atoms with Crippen molar-refractivity contribution >= 4 is 5.91 Å². The number of rotatable bonds is 2. The van der Waals surface area contributed by atoms with Crippen LogP contribution in [-0.2, 0) is 4.79 Å². The Bertz CT molecular complexity index is 170. The second-order valence-electron chi connectivity index (χ2n) is 2.37. The van der Waals surface area contributed by atoms with Gasteiger partial charge in [0.1, 0.15) is 0 Å². The highest BCUT2D eigenvalue weighted by Crippen LogP contribution is 2.40. The highest BCUT2D eigenvalue weighted by Gasteiger charge is 2.41. The van der Waals surface area contributed by atoms with Gasteiger partial charge < -0.3 is 5.73 Å². The zero-order valence-electron chi connectivity index (χ0n) is 5.00. The molecule has 2 atom stereocenters. The summed E-state index contributed by atoms with van der Waals surface area (Å²) in [6, 6.07) is 2.01. The van der Waals surface area contributed by atoms with Crippen molar-refractivity contribution in [2.45, 2.75) is 12.8 Å². The Morgan fingerprint density at radius 2 is 2.56 bits per heavy atom. The van der Waals surface area contributed by atoms with Gasteiger partial charge in [-0.1, -0.05) is 0 Å². The monoisotopic (exact) mass is 124 g/mol. The number of carbonyl (C=O) groups is 1. The number of primary amides is 1. The van der Waals surface area contributed by atoms with Crippen LogP contribution in [0.1, 0.15) is 12.8 Å². The van der Waals surface area contributed by atoms with E-state index in [0.717, 1.165) is 6.42 Å². The molecule has 0 spiro atoms. The lowest BCUT2D eigenvalue weighted by atomic mass is 10.2. The van der Waals surface area contributed by atoms with Gasteiger partial charge in [0.25, 0.3) is 0 Å². The van der Waals surface area contributed by atoms with E-state index in [2.05, 4.69) is 0 Å². The standard InChI is InChI=1S/C6H8N2O/c7-2-1-4-3-5(4)6(8)9/h4-5H,1,3H2,(H2,8,9)/t4-,5-/m1/s1. The molecule has 3 heteroatoms. The van der Waals surface area contributed by atoms with Crippen LogP contribution in [0.4, 0.5) is 0 Å². The maximum absolute atomic E-state index is 10.4. The molecule has 1 fully saturated rings. The highest BCUT2D eigenvalue weighted by molar-refractivity contribution is 5.79. The fraction of sp³-hybridized carbons (Fsp3) is 0.667. The molecule has 1 saturated carbocycles. The van der Waals surface area contributed by atoms with Gasteiger partial charge in [0.15, 0.2) is 0 Å². The molecule has 1 aliphatic rings. The largest absolute Gasteiger partial charge is 0.369 e. The lowest BCUT2D eigenvalue weighted by molar-refractivity contribution is -0.119. The molecule has 0 aromatic carbocycles. The number of amides is 1. The predicted molar refractivity (Wildman–Crippen MR) is 31.0 cm³/mol. The van der Waals surface area contributed by atoms with E-state index in [0.29, 0.717) is 6.42 Å². The SMILES string of the molecule is N#CC[C@@H]1C[C@H]1C(N)=O. The molecule has 0 saturated heterocycles. The smallest absolute Gasteiger partial charge is 0.220 e. The molecule has 1 aliphatic carbocycles. The van der Waals surface area contributed by atoms with E-state index in [-0.39, 0.29) is 17.7 Å². The quantitative estimate of drug-likeness (QED) is 0.564. The van der Waals surface area contributed by atoms with E-state index in [4.69, 9.17) is 11.0 Å². The van der Waals surface area contributed by atoms with Crippen LogP contribution in [0, 0.1) is 23.2 Å². The van der Waals surface area contributed by atoms with Crippen molar-refractivity contribution in [2.24, 2.45) is 17.6 Å². The Kier molecular flexibility index (Phi) is 1.39. The number of carbonyl (C=O) groups excluding carboxylic acids is 1. The lowest BCUT2D eigenvalue weighted by Gasteiger charge is -1.84. The fourth-order valence-corrected chi connectivity index (χ4v) is 0.939. The molecule has 0 bridgehead atoms. The van der Waals surface area contributed by atoms with Gasteiger partial charge in [-0.3, -0.25) is 4.79 Å². The summed E-state index contributed by atoms with van der Waals surface area (Å²) in [7, 11) is 0. The van der Waals surface area contributed by atoms with Crippen molar-refractivity contribution in [2.75, 3.05) is 0 Å². The maximum Gasteiger partial charge on any atom is 0.220 e. The van der Waals surface area contributed by atoms with Crippen LogP contribution in [0.25, 0.3) is 0 Å². The molecule has 0 heterocycles. The third-order valence-corrected chi connectivity index (χ3v) is 1.64. The molecule has 0 aromatic heterocycles. The van der Waals surface area contributed by atoms with Gasteiger partial charge >= 0.3 is 0 Å². The molecule has 48 valence electrons. The van der Waals surface area contributed by atoms with Gasteiger partial charge in [-0.15, -0.1) is 0 Å². The molecule has 0 unspecified atom stereocenters. The predicted octanol–water partition coefficient (Wildman–Crippen LogP) is 0.0215. The van der Waals surface area contributed by atoms with Gasteiger partial charge in [-0.05, 0) is 12.3 Å². The summed E-state index contributed by atoms with van der Waals surface area (Å²) in [5, 5.41) is 8.17. The minimum atomic E-state index is -0.254. The first-order valence-corrected chi connectivity index (χ1v) is 2.92. The van der Waals surface area contributed by atoms with Crippen LogP contribution in [0.15, 0.2) is 0 Å². The van der Waals surface area contributed by atoms with E-state index in [1.165, 1.54) is 0 Å². The van der Waals surface area contributed by atoms with Crippen molar-refractivity contribution in [1.82, 2.24) is 0 Å². The van der Waals surface area contributed by atoms with Crippen LogP contribution in [0.5, 0.6) is 0 Å². The molecule has 1 rings (SSSR count). The van der Waals surface area contributed by atoms with Gasteiger partial charge in [-0.25, -0.2) is 0 Å². The Morgan fingerprint density at radius 3 is 2.89 bits per heavy atom. The number of nitriles is 1. The molecule has 0 radical (unpaired) electrons. The first-order valence-electron chi connectivity index (χ1n) is 2.92. The minimum Gasteiger partial charge on any atom is -0.369 e. The lowest BCUT2D eigenvalue weighted by Crippen LogP contribution is -2.13. The first-order chi connectivity index (χ1) is 4.25. The normalized spacial score (nSPS) is 31.0. The second-order valence-corrected chi connectivity index (χ2v) is 2.37. The van der Waals surface area contributed by atoms with Crippen LogP contribution in [0.2, 0.25) is 0 Å². The van der Waals surface area contributed by atoms with Crippen LogP contribution < -0.4 is 5.73 Å². The number of hydrogen-bond donors (Lipinski definition) is 1. The highest BCUT2D eigenvalue weighted by atomic mass is 16.1. The third-order valence-electron chi connectivity index (χ3n) is 1.64. The van der Waals surface area contributed by atoms with Crippen molar-refractivity contribution in [3.05, 3.63) is 0 Å². The zero-order valence-corrected chi connectivity index (χ0v) is 5.00. The van der Waals surface area contributed by atoms with Crippen LogP contribution >= 0.6 is 0 Å². The molecule has 0 aromatic rings. The van der Waals surface area contributed by atoms with Crippen LogP contribution in [0.3, 0.4) is 0 Å². The summed E-state index contributed by atoms with van der Waals surface area (Å²) < 4.78 is 0. The van der Waals surface area contributed by atoms with E-state index in [1.807, 2.05) is 6.07 Å². The Labute approximate surface area is 53.5 Å². The van der Waals surface area contributed by atoms with E-state index in [9.17, 15) is 4.79 Å². The van der Waals surface area contributed by atoms with Gasteiger partial charge in [-0.2, -0.15) is 5.26 Å². The number of hydrogen-bond acceptors (Lipinski definition) is 2. The second kappa shape index (κ2) is 2.06. The van der Waals surface area contributed by atoms with Crippen molar-refractivity contribution in [3.63, 3.8) is 0 Å². The van der Waals surface area contributed by atoms with Gasteiger partial charge in [0.05, 0.1) is 6.07 Å². The molecular formula is C6H8N2O. The molecular weight excluding hydrogens is 116 g/mol. The molecule has 2 N–H and O–H groups in total. The van der Waals surface area contributed by atoms with E-state index < -0.39 is 0 Å². The third kappa shape index (κ3) is 1.20. The Morgan fingerprint density at radius 1 is 1.89 bits per heavy atom. The molecule has 9 heavy (non-hydrogen) atoms. The molecule has 1 amide bonds. The summed E-state index contributed by atoms with van der Waals surface area (Å²) in [4.78, 5) is 10.4. The number of nitrogens with zero attached hydrogens (tertiary/aromatic N) is 1. The summed E-state index contributed by atoms with van der Waals surface area (Å²) in [5.74, 6) is 0.0207. The van der Waals surface area contributed by atoms with Gasteiger partial charge in [0, 0.05) is 12.3 Å². The summed E-state index contributed by atoms with van der Waals surface area (Å²) >= 11 is 0. The Balaban J connectivity index is 2.27. The Hall–Kier alpha value is -1.04. The molecule has 3 nitrogen and oxygen atoms in total. The van der Waals surface area contributed by atoms with Crippen molar-refractivity contribution in [3.8, 4) is 6.07 Å². The van der Waals surface area contributed by atoms with Crippen molar-refractivity contribution < 1.29 is 4.79 Å². The average Bonchev–Trinajstić information content (AvgIpc) is 2.47. The molecule has 0 aliphatic heterocycles. The summed E-state index contributed by atoms with van der Waals surface area (Å²) in [6.45, 7) is 0. The van der Waals surface area contributed by atoms with E-state index >= 15 is 0 Å². The zero-order chi connectivity index (χ0) is 6.85. The topological polar surface area (TPSA) is 66.9 Å². The van der Waals surface area contributed by atoms with Crippen molar-refractivity contribution in [1.29, 1.82) is 5.26 Å². The van der Waals surface area contributed by atoms with Gasteiger partial charge in [0.2, 0.25) is 5.91 Å². The first kappa shape index (κ1) is 6.09. The summed E-state index contributed by atoms with van der Waals surface area (Å²) in [5.41, 5.74) is 4.97. The minimum absolute atomic E-state index is 0.00431. The van der Waals surface area contributed by atoms with E-state index in [1.54, 1.807) is 0 Å². The van der Waals surface area contributed by atoms with Crippen LogP contribution in [-0.4, -0.2) is 5.91 Å².